The second-order valence-electron chi connectivity index (χ2n) is 10.4. The molecule has 1 aliphatic heterocycles. The lowest BCUT2D eigenvalue weighted by molar-refractivity contribution is 0.255. The van der Waals surface area contributed by atoms with E-state index in [0.717, 1.165) is 72.6 Å². The van der Waals surface area contributed by atoms with E-state index in [1.807, 2.05) is 24.3 Å². The number of rotatable bonds is 9. The first-order chi connectivity index (χ1) is 18.4. The number of pyridine rings is 1. The molecule has 0 amide bonds. The van der Waals surface area contributed by atoms with Crippen molar-refractivity contribution in [1.82, 2.24) is 20.1 Å². The highest BCUT2D eigenvalue weighted by molar-refractivity contribution is 7.92. The van der Waals surface area contributed by atoms with Crippen LogP contribution in [0.5, 0.6) is 5.19 Å². The van der Waals surface area contributed by atoms with Gasteiger partial charge in [-0.25, -0.2) is 18.4 Å². The maximum atomic E-state index is 12.5. The normalized spacial score (nSPS) is 17.0. The third kappa shape index (κ3) is 5.26. The van der Waals surface area contributed by atoms with Crippen molar-refractivity contribution in [3.05, 3.63) is 42.2 Å². The van der Waals surface area contributed by atoms with Crippen LogP contribution in [0.1, 0.15) is 57.7 Å². The Morgan fingerprint density at radius 3 is 2.47 bits per heavy atom. The number of fused-ring (bicyclic) bond motifs is 1. The quantitative estimate of drug-likeness (QED) is 0.266. The Hall–Kier alpha value is -3.05. The summed E-state index contributed by atoms with van der Waals surface area (Å²) in [5.74, 6) is 1.60. The molecule has 2 aliphatic rings. The fourth-order valence-corrected chi connectivity index (χ4v) is 7.19. The SMILES string of the molecule is CC(C)c1noc(N2CCC(CCOc3nc4ccc(-c5ccc(S(=O)(=O)C6CC6)cc5)nc4s3)CC2)n1. The van der Waals surface area contributed by atoms with E-state index in [9.17, 15) is 8.42 Å². The Balaban J connectivity index is 1.02. The van der Waals surface area contributed by atoms with Crippen molar-refractivity contribution in [1.29, 1.82) is 0 Å². The van der Waals surface area contributed by atoms with Crippen molar-refractivity contribution in [2.24, 2.45) is 5.92 Å². The highest BCUT2D eigenvalue weighted by Crippen LogP contribution is 2.35. The topological polar surface area (TPSA) is 111 Å². The monoisotopic (exact) mass is 553 g/mol. The van der Waals surface area contributed by atoms with Gasteiger partial charge in [0.15, 0.2) is 15.7 Å². The zero-order chi connectivity index (χ0) is 26.3. The molecule has 3 aromatic heterocycles. The van der Waals surface area contributed by atoms with E-state index >= 15 is 0 Å². The molecule has 200 valence electrons. The minimum Gasteiger partial charge on any atom is -0.470 e. The lowest BCUT2D eigenvalue weighted by Crippen LogP contribution is -2.34. The highest BCUT2D eigenvalue weighted by Gasteiger charge is 2.36. The van der Waals surface area contributed by atoms with Gasteiger partial charge in [-0.05, 0) is 62.3 Å². The molecule has 1 aliphatic carbocycles. The van der Waals surface area contributed by atoms with Crippen LogP contribution in [0.15, 0.2) is 45.8 Å². The number of sulfone groups is 1. The molecule has 2 fully saturated rings. The van der Waals surface area contributed by atoms with Gasteiger partial charge in [-0.15, -0.1) is 0 Å². The molecule has 0 N–H and O–H groups in total. The molecule has 11 heteroatoms. The van der Waals surface area contributed by atoms with E-state index in [4.69, 9.17) is 14.2 Å². The van der Waals surface area contributed by atoms with E-state index in [1.54, 1.807) is 12.1 Å². The van der Waals surface area contributed by atoms with Crippen LogP contribution in [-0.4, -0.2) is 53.5 Å². The summed E-state index contributed by atoms with van der Waals surface area (Å²) >= 11 is 1.44. The fraction of sp³-hybridized carbons (Fsp3) is 0.481. The van der Waals surface area contributed by atoms with Gasteiger partial charge >= 0.3 is 6.01 Å². The standard InChI is InChI=1S/C27H31N5O4S2/c1-17(2)24-30-26(36-31-24)32-14-11-18(12-15-32)13-16-35-27-29-23-10-9-22(28-25(23)37-27)19-3-5-20(6-4-19)38(33,34)21-7-8-21/h3-6,9-10,17-18,21H,7-8,11-16H2,1-2H3. The van der Waals surface area contributed by atoms with Crippen LogP contribution >= 0.6 is 11.3 Å². The molecule has 1 saturated heterocycles. The molecule has 6 rings (SSSR count). The minimum absolute atomic E-state index is 0.207. The molecule has 0 bridgehead atoms. The number of ether oxygens (including phenoxy) is 1. The number of benzene rings is 1. The van der Waals surface area contributed by atoms with Crippen molar-refractivity contribution < 1.29 is 17.7 Å². The molecule has 4 aromatic rings. The summed E-state index contributed by atoms with van der Waals surface area (Å²) in [6.07, 6.45) is 4.62. The summed E-state index contributed by atoms with van der Waals surface area (Å²) in [6, 6.07) is 11.5. The van der Waals surface area contributed by atoms with Gasteiger partial charge in [-0.1, -0.05) is 42.5 Å². The van der Waals surface area contributed by atoms with Gasteiger partial charge in [0.25, 0.3) is 5.19 Å². The summed E-state index contributed by atoms with van der Waals surface area (Å²) in [4.78, 5) is 17.2. The smallest absolute Gasteiger partial charge is 0.324 e. The molecular weight excluding hydrogens is 522 g/mol. The number of aromatic nitrogens is 4. The van der Waals surface area contributed by atoms with Crippen LogP contribution in [0.2, 0.25) is 0 Å². The first-order valence-corrected chi connectivity index (χ1v) is 15.6. The molecule has 0 atom stereocenters. The zero-order valence-electron chi connectivity index (χ0n) is 21.5. The summed E-state index contributed by atoms with van der Waals surface area (Å²) in [7, 11) is -3.19. The molecule has 0 unspecified atom stereocenters. The predicted octanol–water partition coefficient (Wildman–Crippen LogP) is 5.49. The molecule has 9 nitrogen and oxygen atoms in total. The van der Waals surface area contributed by atoms with Gasteiger partial charge in [-0.3, -0.25) is 0 Å². The first kappa shape index (κ1) is 25.2. The van der Waals surface area contributed by atoms with E-state index in [2.05, 4.69) is 33.9 Å². The van der Waals surface area contributed by atoms with Gasteiger partial charge in [0.2, 0.25) is 0 Å². The van der Waals surface area contributed by atoms with Crippen LogP contribution in [0.4, 0.5) is 6.01 Å². The van der Waals surface area contributed by atoms with Crippen molar-refractivity contribution in [2.45, 2.75) is 62.0 Å². The maximum Gasteiger partial charge on any atom is 0.324 e. The largest absolute Gasteiger partial charge is 0.470 e. The highest BCUT2D eigenvalue weighted by atomic mass is 32.2. The van der Waals surface area contributed by atoms with E-state index in [0.29, 0.717) is 28.6 Å². The minimum atomic E-state index is -3.19. The number of nitrogens with zero attached hydrogens (tertiary/aromatic N) is 5. The van der Waals surface area contributed by atoms with Crippen molar-refractivity contribution in [3.8, 4) is 16.5 Å². The summed E-state index contributed by atoms with van der Waals surface area (Å²) < 4.78 is 36.4. The number of hydrogen-bond acceptors (Lipinski definition) is 10. The Labute approximate surface area is 226 Å². The lowest BCUT2D eigenvalue weighted by Gasteiger charge is -2.30. The van der Waals surface area contributed by atoms with E-state index in [1.165, 1.54) is 11.3 Å². The summed E-state index contributed by atoms with van der Waals surface area (Å²) in [6.45, 7) is 6.56. The van der Waals surface area contributed by atoms with Gasteiger partial charge < -0.3 is 14.2 Å². The number of hydrogen-bond donors (Lipinski definition) is 0. The van der Waals surface area contributed by atoms with E-state index in [-0.39, 0.29) is 11.2 Å². The maximum absolute atomic E-state index is 12.5. The van der Waals surface area contributed by atoms with Crippen LogP contribution in [-0.2, 0) is 9.84 Å². The van der Waals surface area contributed by atoms with Crippen LogP contribution in [0.25, 0.3) is 21.6 Å². The van der Waals surface area contributed by atoms with Gasteiger partial charge in [0, 0.05) is 24.6 Å². The average Bonchev–Trinajstić information content (AvgIpc) is 3.53. The third-order valence-corrected chi connectivity index (χ3v) is 10.4. The summed E-state index contributed by atoms with van der Waals surface area (Å²) in [5.41, 5.74) is 2.47. The van der Waals surface area contributed by atoms with Gasteiger partial charge in [-0.2, -0.15) is 4.98 Å². The van der Waals surface area contributed by atoms with Crippen molar-refractivity contribution >= 4 is 37.5 Å². The van der Waals surface area contributed by atoms with Gasteiger partial charge in [0.1, 0.15) is 10.3 Å². The lowest BCUT2D eigenvalue weighted by atomic mass is 9.94. The zero-order valence-corrected chi connectivity index (χ0v) is 23.2. The second kappa shape index (κ2) is 10.3. The predicted molar refractivity (Wildman–Crippen MR) is 146 cm³/mol. The van der Waals surface area contributed by atoms with E-state index < -0.39 is 9.84 Å². The fourth-order valence-electron chi connectivity index (χ4n) is 4.72. The van der Waals surface area contributed by atoms with Gasteiger partial charge in [0.05, 0.1) is 22.4 Å². The van der Waals surface area contributed by atoms with Crippen LogP contribution in [0.3, 0.4) is 0 Å². The second-order valence-corrected chi connectivity index (χ2v) is 13.6. The van der Waals surface area contributed by atoms with Crippen molar-refractivity contribution in [2.75, 3.05) is 24.6 Å². The van der Waals surface area contributed by atoms with Crippen LogP contribution in [0, 0.1) is 5.92 Å². The molecular formula is C27H31N5O4S2. The number of thiazole rings is 1. The Morgan fingerprint density at radius 2 is 1.79 bits per heavy atom. The molecule has 1 saturated carbocycles. The third-order valence-electron chi connectivity index (χ3n) is 7.26. The molecule has 0 spiro atoms. The number of anilines is 1. The first-order valence-electron chi connectivity index (χ1n) is 13.2. The molecule has 4 heterocycles. The van der Waals surface area contributed by atoms with Crippen LogP contribution < -0.4 is 9.64 Å². The summed E-state index contributed by atoms with van der Waals surface area (Å²) in [5, 5.41) is 4.49. The van der Waals surface area contributed by atoms with Crippen molar-refractivity contribution in [3.63, 3.8) is 0 Å². The Bertz CT molecular complexity index is 1520. The molecule has 38 heavy (non-hydrogen) atoms. The Kier molecular flexibility index (Phi) is 6.81. The molecule has 1 aromatic carbocycles. The number of piperidine rings is 1. The Morgan fingerprint density at radius 1 is 1.03 bits per heavy atom. The molecule has 0 radical (unpaired) electrons. The average molecular weight is 554 g/mol.